The van der Waals surface area contributed by atoms with Gasteiger partial charge in [0.2, 0.25) is 0 Å². The number of hydrogen-bond acceptors (Lipinski definition) is 7. The molecule has 0 aliphatic carbocycles. The summed E-state index contributed by atoms with van der Waals surface area (Å²) >= 11 is 0. The van der Waals surface area contributed by atoms with E-state index in [4.69, 9.17) is 0 Å². The second kappa shape index (κ2) is 5.52. The van der Waals surface area contributed by atoms with Gasteiger partial charge in [-0.1, -0.05) is 11.6 Å². The average molecular weight is 273 g/mol. The van der Waals surface area contributed by atoms with Crippen LogP contribution in [0.1, 0.15) is 12.0 Å². The number of benzene rings is 1. The number of aryl methyl sites for hydroxylation is 1. The van der Waals surface area contributed by atoms with E-state index in [1.165, 1.54) is 6.33 Å². The lowest BCUT2D eigenvalue weighted by Gasteiger charge is -2.21. The number of carbonyl (C=O) groups is 2. The number of carboxylic acids is 2. The van der Waals surface area contributed by atoms with Crippen molar-refractivity contribution in [1.82, 2.24) is 9.97 Å². The van der Waals surface area contributed by atoms with E-state index in [2.05, 4.69) is 15.3 Å². The molecule has 2 rings (SSSR count). The van der Waals surface area contributed by atoms with Crippen LogP contribution in [0.5, 0.6) is 0 Å². The van der Waals surface area contributed by atoms with Crippen molar-refractivity contribution in [3.8, 4) is 0 Å². The highest BCUT2D eigenvalue weighted by molar-refractivity contribution is 5.91. The Morgan fingerprint density at radius 1 is 1.30 bits per heavy atom. The fraction of sp³-hybridized carbons (Fsp3) is 0.231. The van der Waals surface area contributed by atoms with E-state index in [1.54, 1.807) is 12.1 Å². The van der Waals surface area contributed by atoms with Crippen LogP contribution in [0, 0.1) is 6.92 Å². The third kappa shape index (κ3) is 3.00. The van der Waals surface area contributed by atoms with Crippen LogP contribution < -0.4 is 15.5 Å². The Morgan fingerprint density at radius 3 is 2.70 bits per heavy atom. The van der Waals surface area contributed by atoms with Crippen molar-refractivity contribution in [2.24, 2.45) is 0 Å². The molecule has 7 nitrogen and oxygen atoms in total. The summed E-state index contributed by atoms with van der Waals surface area (Å²) in [5.41, 5.74) is 1.57. The van der Waals surface area contributed by atoms with Gasteiger partial charge >= 0.3 is 0 Å². The van der Waals surface area contributed by atoms with Crippen molar-refractivity contribution < 1.29 is 19.8 Å². The van der Waals surface area contributed by atoms with Crippen LogP contribution in [0.3, 0.4) is 0 Å². The molecule has 0 aliphatic rings. The Labute approximate surface area is 114 Å². The molecule has 0 spiro atoms. The largest absolute Gasteiger partial charge is 0.550 e. The molecular formula is C13H11N3O4-2. The van der Waals surface area contributed by atoms with Crippen LogP contribution in [0.4, 0.5) is 5.82 Å². The van der Waals surface area contributed by atoms with Gasteiger partial charge in [-0.25, -0.2) is 9.97 Å². The molecule has 0 saturated carbocycles. The smallest absolute Gasteiger partial charge is 0.137 e. The first-order chi connectivity index (χ1) is 9.47. The van der Waals surface area contributed by atoms with Crippen LogP contribution in [0.2, 0.25) is 0 Å². The topological polar surface area (TPSA) is 118 Å². The number of aromatic nitrogens is 2. The van der Waals surface area contributed by atoms with Crippen molar-refractivity contribution in [3.05, 3.63) is 30.1 Å². The molecular weight excluding hydrogens is 262 g/mol. The molecule has 1 heterocycles. The second-order valence-corrected chi connectivity index (χ2v) is 4.33. The van der Waals surface area contributed by atoms with Gasteiger partial charge in [-0.05, 0) is 19.1 Å². The van der Waals surface area contributed by atoms with Crippen LogP contribution in [0.25, 0.3) is 10.9 Å². The van der Waals surface area contributed by atoms with Crippen LogP contribution in [-0.4, -0.2) is 27.9 Å². The lowest BCUT2D eigenvalue weighted by atomic mass is 10.1. The molecule has 7 heteroatoms. The predicted octanol–water partition coefficient (Wildman–Crippen LogP) is -1.39. The van der Waals surface area contributed by atoms with Crippen LogP contribution in [-0.2, 0) is 9.59 Å². The molecule has 1 atom stereocenters. The molecule has 0 aliphatic heterocycles. The fourth-order valence-corrected chi connectivity index (χ4v) is 1.81. The number of carbonyl (C=O) groups excluding carboxylic acids is 2. The number of nitrogens with zero attached hydrogens (tertiary/aromatic N) is 2. The number of nitrogens with one attached hydrogen (secondary N) is 1. The van der Waals surface area contributed by atoms with Gasteiger partial charge in [0.1, 0.15) is 12.1 Å². The summed E-state index contributed by atoms with van der Waals surface area (Å²) in [5.74, 6) is -2.77. The first kappa shape index (κ1) is 13.7. The quantitative estimate of drug-likeness (QED) is 0.712. The summed E-state index contributed by atoms with van der Waals surface area (Å²) in [5, 5.41) is 24.6. The first-order valence-electron chi connectivity index (χ1n) is 5.86. The van der Waals surface area contributed by atoms with E-state index in [0.717, 1.165) is 5.56 Å². The normalized spacial score (nSPS) is 12.1. The summed E-state index contributed by atoms with van der Waals surface area (Å²) in [6.45, 7) is 1.87. The minimum Gasteiger partial charge on any atom is -0.550 e. The molecule has 1 N–H and O–H groups in total. The number of anilines is 1. The highest BCUT2D eigenvalue weighted by atomic mass is 16.4. The molecule has 1 aromatic carbocycles. The lowest BCUT2D eigenvalue weighted by molar-refractivity contribution is -0.316. The Hall–Kier alpha value is -2.70. The molecule has 0 amide bonds. The predicted molar refractivity (Wildman–Crippen MR) is 66.3 cm³/mol. The number of rotatable bonds is 5. The third-order valence-corrected chi connectivity index (χ3v) is 2.76. The van der Waals surface area contributed by atoms with E-state index in [1.807, 2.05) is 13.0 Å². The number of hydrogen-bond donors (Lipinski definition) is 1. The molecule has 0 fully saturated rings. The average Bonchev–Trinajstić information content (AvgIpc) is 2.38. The minimum absolute atomic E-state index is 0.245. The Kier molecular flexibility index (Phi) is 3.79. The standard InChI is InChI=1S/C13H13N3O4/c1-7-2-3-9-8(4-7)12(15-6-14-9)16-10(13(19)20)5-11(17)18/h2-4,6,10H,5H2,1H3,(H,17,18)(H,19,20)(H,14,15,16)/p-2/t10-/m0/s1. The van der Waals surface area contributed by atoms with Gasteiger partial charge in [-0.3, -0.25) is 0 Å². The second-order valence-electron chi connectivity index (χ2n) is 4.33. The van der Waals surface area contributed by atoms with E-state index >= 15 is 0 Å². The maximum absolute atomic E-state index is 10.9. The number of carboxylic acid groups (broad SMARTS) is 2. The molecule has 0 radical (unpaired) electrons. The van der Waals surface area contributed by atoms with Crippen molar-refractivity contribution in [2.45, 2.75) is 19.4 Å². The molecule has 0 saturated heterocycles. The van der Waals surface area contributed by atoms with Gasteiger partial charge in [-0.15, -0.1) is 0 Å². The van der Waals surface area contributed by atoms with Crippen molar-refractivity contribution in [1.29, 1.82) is 0 Å². The van der Waals surface area contributed by atoms with E-state index in [9.17, 15) is 19.8 Å². The third-order valence-electron chi connectivity index (χ3n) is 2.76. The zero-order valence-electron chi connectivity index (χ0n) is 10.6. The summed E-state index contributed by atoms with van der Waals surface area (Å²) in [4.78, 5) is 29.5. The van der Waals surface area contributed by atoms with Crippen LogP contribution in [0.15, 0.2) is 24.5 Å². The Bertz CT molecular complexity index is 672. The maximum Gasteiger partial charge on any atom is 0.137 e. The maximum atomic E-state index is 10.9. The Balaban J connectivity index is 2.39. The van der Waals surface area contributed by atoms with Gasteiger partial charge in [0, 0.05) is 17.8 Å². The van der Waals surface area contributed by atoms with Gasteiger partial charge < -0.3 is 25.1 Å². The zero-order chi connectivity index (χ0) is 14.7. The summed E-state index contributed by atoms with van der Waals surface area (Å²) in [6, 6.07) is 3.99. The summed E-state index contributed by atoms with van der Waals surface area (Å²) < 4.78 is 0. The first-order valence-corrected chi connectivity index (χ1v) is 5.86. The monoisotopic (exact) mass is 273 g/mol. The SMILES string of the molecule is Cc1ccc2ncnc(N[C@@H](CC(=O)[O-])C(=O)[O-])c2c1. The number of aliphatic carboxylic acids is 2. The highest BCUT2D eigenvalue weighted by Crippen LogP contribution is 2.21. The Morgan fingerprint density at radius 2 is 2.05 bits per heavy atom. The molecule has 104 valence electrons. The van der Waals surface area contributed by atoms with E-state index < -0.39 is 24.4 Å². The molecule has 0 unspecified atom stereocenters. The van der Waals surface area contributed by atoms with E-state index in [0.29, 0.717) is 10.9 Å². The molecule has 2 aromatic rings. The van der Waals surface area contributed by atoms with Crippen molar-refractivity contribution in [3.63, 3.8) is 0 Å². The van der Waals surface area contributed by atoms with Gasteiger partial charge in [0.25, 0.3) is 0 Å². The highest BCUT2D eigenvalue weighted by Gasteiger charge is 2.13. The van der Waals surface area contributed by atoms with Crippen LogP contribution >= 0.6 is 0 Å². The van der Waals surface area contributed by atoms with E-state index in [-0.39, 0.29) is 5.82 Å². The van der Waals surface area contributed by atoms with Gasteiger partial charge in [-0.2, -0.15) is 0 Å². The molecule has 20 heavy (non-hydrogen) atoms. The van der Waals surface area contributed by atoms with Gasteiger partial charge in [0.05, 0.1) is 17.5 Å². The molecule has 0 bridgehead atoms. The zero-order valence-corrected chi connectivity index (χ0v) is 10.6. The summed E-state index contributed by atoms with van der Waals surface area (Å²) in [6.07, 6.45) is 0.561. The molecule has 1 aromatic heterocycles. The van der Waals surface area contributed by atoms with Crippen molar-refractivity contribution >= 4 is 28.7 Å². The lowest BCUT2D eigenvalue weighted by Crippen LogP contribution is -2.44. The van der Waals surface area contributed by atoms with Gasteiger partial charge in [0.15, 0.2) is 0 Å². The number of fused-ring (bicyclic) bond motifs is 1. The summed E-state index contributed by atoms with van der Waals surface area (Å²) in [7, 11) is 0. The van der Waals surface area contributed by atoms with Crippen molar-refractivity contribution in [2.75, 3.05) is 5.32 Å². The fourth-order valence-electron chi connectivity index (χ4n) is 1.81. The minimum atomic E-state index is -1.53.